The van der Waals surface area contributed by atoms with Crippen molar-refractivity contribution in [1.29, 1.82) is 0 Å². The van der Waals surface area contributed by atoms with E-state index in [9.17, 15) is 9.18 Å². The third-order valence-electron chi connectivity index (χ3n) is 3.78. The fourth-order valence-electron chi connectivity index (χ4n) is 2.31. The summed E-state index contributed by atoms with van der Waals surface area (Å²) in [6.07, 6.45) is 4.87. The van der Waals surface area contributed by atoms with Crippen molar-refractivity contribution in [1.82, 2.24) is 14.9 Å². The van der Waals surface area contributed by atoms with Crippen LogP contribution in [0.1, 0.15) is 32.4 Å². The molecule has 4 nitrogen and oxygen atoms in total. The van der Waals surface area contributed by atoms with Gasteiger partial charge in [0.1, 0.15) is 0 Å². The Balaban J connectivity index is 0.000000235. The Kier molecular flexibility index (Phi) is 7.45. The van der Waals surface area contributed by atoms with E-state index in [1.165, 1.54) is 19.4 Å². The smallest absolute Gasteiger partial charge is 0.245 e. The van der Waals surface area contributed by atoms with E-state index < -0.39 is 5.82 Å². The zero-order chi connectivity index (χ0) is 16.7. The van der Waals surface area contributed by atoms with Crippen LogP contribution in [0.5, 0.6) is 0 Å². The molecule has 0 radical (unpaired) electrons. The average Bonchev–Trinajstić information content (AvgIpc) is 2.51. The molecule has 1 amide bonds. The molecule has 1 saturated heterocycles. The highest BCUT2D eigenvalue weighted by molar-refractivity contribution is 6.28. The maximum absolute atomic E-state index is 12.3. The van der Waals surface area contributed by atoms with E-state index in [1.807, 2.05) is 4.90 Å². The zero-order valence-corrected chi connectivity index (χ0v) is 14.1. The summed E-state index contributed by atoms with van der Waals surface area (Å²) in [5, 5.41) is 0.0777. The van der Waals surface area contributed by atoms with Gasteiger partial charge in [0.25, 0.3) is 0 Å². The molecule has 0 bridgehead atoms. The van der Waals surface area contributed by atoms with E-state index >= 15 is 0 Å². The lowest BCUT2D eigenvalue weighted by atomic mass is 9.88. The Hall–Kier alpha value is -1.49. The largest absolute Gasteiger partial charge is 0.339 e. The molecule has 0 spiro atoms. The molecule has 1 aliphatic heterocycles. The van der Waals surface area contributed by atoms with Crippen molar-refractivity contribution in [3.05, 3.63) is 35.6 Å². The Morgan fingerprint density at radius 2 is 2.27 bits per heavy atom. The quantitative estimate of drug-likeness (QED) is 0.615. The molecule has 0 N–H and O–H groups in total. The van der Waals surface area contributed by atoms with E-state index in [2.05, 4.69) is 30.4 Å². The van der Waals surface area contributed by atoms with Gasteiger partial charge in [-0.3, -0.25) is 4.79 Å². The number of rotatable bonds is 2. The lowest BCUT2D eigenvalue weighted by molar-refractivity contribution is -0.128. The van der Waals surface area contributed by atoms with Crippen molar-refractivity contribution in [2.45, 2.75) is 33.6 Å². The normalized spacial score (nSPS) is 17.7. The standard InChI is InChI=1S/C11H19NO.C5H4ClFN2/c1-4-11(13)12-7-5-6-10(8-12)9(2)3;1-3-4(7)2-8-5(6)9-3/h4,9-10H,1,5-8H2,2-3H3;2H,1H3. The monoisotopic (exact) mass is 327 g/mol. The minimum absolute atomic E-state index is 0.0777. The van der Waals surface area contributed by atoms with Crippen LogP contribution < -0.4 is 0 Å². The van der Waals surface area contributed by atoms with Gasteiger partial charge in [0.2, 0.25) is 11.2 Å². The summed E-state index contributed by atoms with van der Waals surface area (Å²) >= 11 is 5.33. The lowest BCUT2D eigenvalue weighted by Gasteiger charge is -2.34. The van der Waals surface area contributed by atoms with Crippen LogP contribution in [0.15, 0.2) is 18.9 Å². The number of hydrogen-bond donors (Lipinski definition) is 0. The van der Waals surface area contributed by atoms with Gasteiger partial charge in [0.15, 0.2) is 5.82 Å². The van der Waals surface area contributed by atoms with Crippen LogP contribution in [0.2, 0.25) is 5.28 Å². The molecule has 1 atom stereocenters. The van der Waals surface area contributed by atoms with E-state index in [-0.39, 0.29) is 16.9 Å². The predicted molar refractivity (Wildman–Crippen MR) is 86.1 cm³/mol. The van der Waals surface area contributed by atoms with Crippen LogP contribution in [0.25, 0.3) is 0 Å². The Labute approximate surface area is 136 Å². The number of carbonyl (C=O) groups is 1. The number of piperidine rings is 1. The molecule has 1 fully saturated rings. The lowest BCUT2D eigenvalue weighted by Crippen LogP contribution is -2.40. The summed E-state index contributed by atoms with van der Waals surface area (Å²) in [4.78, 5) is 20.2. The number of halogens is 2. The minimum atomic E-state index is -0.431. The van der Waals surface area contributed by atoms with Crippen LogP contribution in [-0.4, -0.2) is 33.9 Å². The molecule has 1 unspecified atom stereocenters. The van der Waals surface area contributed by atoms with Gasteiger partial charge in [0, 0.05) is 13.1 Å². The molecule has 1 aromatic heterocycles. The fourth-order valence-corrected chi connectivity index (χ4v) is 2.48. The van der Waals surface area contributed by atoms with E-state index in [1.54, 1.807) is 0 Å². The molecule has 122 valence electrons. The van der Waals surface area contributed by atoms with Crippen molar-refractivity contribution < 1.29 is 9.18 Å². The summed E-state index contributed by atoms with van der Waals surface area (Å²) in [6.45, 7) is 11.3. The third-order valence-corrected chi connectivity index (χ3v) is 3.96. The molecular formula is C16H23ClFN3O. The van der Waals surface area contributed by atoms with Gasteiger partial charge in [0.05, 0.1) is 11.9 Å². The minimum Gasteiger partial charge on any atom is -0.339 e. The van der Waals surface area contributed by atoms with Crippen molar-refractivity contribution in [2.24, 2.45) is 11.8 Å². The van der Waals surface area contributed by atoms with Gasteiger partial charge in [-0.2, -0.15) is 0 Å². The van der Waals surface area contributed by atoms with Gasteiger partial charge in [-0.05, 0) is 49.3 Å². The molecule has 1 aromatic rings. The van der Waals surface area contributed by atoms with Crippen molar-refractivity contribution in [3.63, 3.8) is 0 Å². The highest BCUT2D eigenvalue weighted by Crippen LogP contribution is 2.23. The molecule has 22 heavy (non-hydrogen) atoms. The van der Waals surface area contributed by atoms with Crippen molar-refractivity contribution in [2.75, 3.05) is 13.1 Å². The molecule has 0 saturated carbocycles. The molecular weight excluding hydrogens is 305 g/mol. The number of carbonyl (C=O) groups excluding carboxylic acids is 1. The summed E-state index contributed by atoms with van der Waals surface area (Å²) in [5.74, 6) is 1.02. The van der Waals surface area contributed by atoms with Crippen molar-refractivity contribution >= 4 is 17.5 Å². The highest BCUT2D eigenvalue weighted by atomic mass is 35.5. The van der Waals surface area contributed by atoms with Crippen LogP contribution in [0.4, 0.5) is 4.39 Å². The number of likely N-dealkylation sites (tertiary alicyclic amines) is 1. The van der Waals surface area contributed by atoms with Gasteiger partial charge in [-0.1, -0.05) is 20.4 Å². The summed E-state index contributed by atoms with van der Waals surface area (Å²) in [7, 11) is 0. The third kappa shape index (κ3) is 5.72. The maximum atomic E-state index is 12.3. The SMILES string of the molecule is C=CC(=O)N1CCCC(C(C)C)C1.Cc1nc(Cl)ncc1F. The molecule has 2 heterocycles. The average molecular weight is 328 g/mol. The number of amides is 1. The van der Waals surface area contributed by atoms with Gasteiger partial charge >= 0.3 is 0 Å². The first kappa shape index (κ1) is 18.6. The second kappa shape index (κ2) is 8.83. The van der Waals surface area contributed by atoms with Crippen LogP contribution in [-0.2, 0) is 4.79 Å². The summed E-state index contributed by atoms with van der Waals surface area (Å²) in [6, 6.07) is 0. The first-order chi connectivity index (χ1) is 10.3. The second-order valence-corrected chi connectivity index (χ2v) is 6.05. The highest BCUT2D eigenvalue weighted by Gasteiger charge is 2.23. The number of hydrogen-bond acceptors (Lipinski definition) is 3. The van der Waals surface area contributed by atoms with E-state index in [0.29, 0.717) is 11.8 Å². The van der Waals surface area contributed by atoms with Crippen LogP contribution in [0, 0.1) is 24.6 Å². The van der Waals surface area contributed by atoms with Crippen LogP contribution in [0.3, 0.4) is 0 Å². The summed E-state index contributed by atoms with van der Waals surface area (Å²) in [5.41, 5.74) is 0.273. The van der Waals surface area contributed by atoms with E-state index in [0.717, 1.165) is 25.7 Å². The molecule has 0 aromatic carbocycles. The predicted octanol–water partition coefficient (Wildman–Crippen LogP) is 3.64. The second-order valence-electron chi connectivity index (χ2n) is 5.71. The number of aromatic nitrogens is 2. The van der Waals surface area contributed by atoms with Crippen molar-refractivity contribution in [3.8, 4) is 0 Å². The maximum Gasteiger partial charge on any atom is 0.245 e. The topological polar surface area (TPSA) is 46.1 Å². The van der Waals surface area contributed by atoms with Gasteiger partial charge in [-0.15, -0.1) is 0 Å². The van der Waals surface area contributed by atoms with E-state index in [4.69, 9.17) is 11.6 Å². The van der Waals surface area contributed by atoms with Gasteiger partial charge in [-0.25, -0.2) is 14.4 Å². The number of nitrogens with zero attached hydrogens (tertiary/aromatic N) is 3. The van der Waals surface area contributed by atoms with Gasteiger partial charge < -0.3 is 4.90 Å². The first-order valence-electron chi connectivity index (χ1n) is 7.41. The fraction of sp³-hybridized carbons (Fsp3) is 0.562. The Morgan fingerprint density at radius 1 is 1.59 bits per heavy atom. The molecule has 2 rings (SSSR count). The molecule has 1 aliphatic rings. The molecule has 6 heteroatoms. The molecule has 0 aliphatic carbocycles. The number of aryl methyl sites for hydroxylation is 1. The summed E-state index contributed by atoms with van der Waals surface area (Å²) < 4.78 is 12.3. The Bertz CT molecular complexity index is 522. The zero-order valence-electron chi connectivity index (χ0n) is 13.4. The first-order valence-corrected chi connectivity index (χ1v) is 7.79. The Morgan fingerprint density at radius 3 is 2.77 bits per heavy atom. The van der Waals surface area contributed by atoms with Crippen LogP contribution >= 0.6 is 11.6 Å².